The number of carbonyl (C=O) groups is 6. The van der Waals surface area contributed by atoms with Gasteiger partial charge in [-0.05, 0) is 60.4 Å². The van der Waals surface area contributed by atoms with Crippen LogP contribution in [0.4, 0.5) is 4.79 Å². The summed E-state index contributed by atoms with van der Waals surface area (Å²) in [6, 6.07) is 21.8. The zero-order chi connectivity index (χ0) is 53.5. The minimum atomic E-state index is -2.19. The van der Waals surface area contributed by atoms with E-state index in [0.29, 0.717) is 18.4 Å². The largest absolute Gasteiger partial charge is 0.459 e. The number of ketones is 1. The second-order valence-corrected chi connectivity index (χ2v) is 21.6. The number of Topliss-reactive ketones (excluding diaryl/α,β-unsaturated/α-hetero) is 1. The number of nitrogens with zero attached hydrogens (tertiary/aromatic N) is 1. The molecule has 6 N–H and O–H groups in total. The van der Waals surface area contributed by atoms with Gasteiger partial charge in [-0.3, -0.25) is 14.4 Å². The SMILES string of the molecule is CC(=O)O[C@@]12COC1C[C@H](O)[C@@]1(C)C(=O)[C@H](O)C3=C(C)[C@@H](OC(=O)[C@H](O)[C@@H](NC(=O)N[C@H](C(=O)N4CCC[C@H]4C(=O)OCc4ccccc4)C(C)C)c4ccccc4)C[C@@](O)([C@@H](OCc4ccccc4)C21)C3(C)C. The molecule has 0 radical (unpaired) electrons. The molecule has 3 amide bonds. The average molecular weight is 1020 g/mol. The summed E-state index contributed by atoms with van der Waals surface area (Å²) in [6.07, 6.45) is -9.05. The number of fused-ring (bicyclic) bond motifs is 5. The Morgan fingerprint density at radius 3 is 2.07 bits per heavy atom. The van der Waals surface area contributed by atoms with Crippen molar-refractivity contribution in [2.24, 2.45) is 22.7 Å². The highest BCUT2D eigenvalue weighted by atomic mass is 16.6. The maximum atomic E-state index is 15.2. The fraction of sp³-hybridized carbons (Fsp3) is 0.536. The van der Waals surface area contributed by atoms with Gasteiger partial charge in [-0.25, -0.2) is 14.4 Å². The van der Waals surface area contributed by atoms with Crippen molar-refractivity contribution in [3.05, 3.63) is 119 Å². The molecule has 2 bridgehead atoms. The van der Waals surface area contributed by atoms with Crippen LogP contribution in [0.15, 0.2) is 102 Å². The van der Waals surface area contributed by atoms with E-state index in [-0.39, 0.29) is 49.5 Å². The number of aliphatic hydroxyl groups is 4. The van der Waals surface area contributed by atoms with Crippen LogP contribution in [-0.2, 0) is 60.9 Å². The number of nitrogens with one attached hydrogen (secondary N) is 2. The van der Waals surface area contributed by atoms with Gasteiger partial charge in [-0.1, -0.05) is 119 Å². The van der Waals surface area contributed by atoms with Gasteiger partial charge in [0.1, 0.15) is 42.6 Å². The van der Waals surface area contributed by atoms with E-state index in [4.69, 9.17) is 23.7 Å². The van der Waals surface area contributed by atoms with Crippen molar-refractivity contribution in [1.29, 1.82) is 0 Å². The van der Waals surface area contributed by atoms with Crippen LogP contribution < -0.4 is 10.6 Å². The van der Waals surface area contributed by atoms with Gasteiger partial charge in [0.05, 0.1) is 36.9 Å². The number of urea groups is 1. The van der Waals surface area contributed by atoms with Gasteiger partial charge in [0, 0.05) is 37.6 Å². The molecular weight excluding hydrogens is 955 g/mol. The third kappa shape index (κ3) is 9.76. The lowest BCUT2D eigenvalue weighted by Gasteiger charge is -2.67. The van der Waals surface area contributed by atoms with Crippen LogP contribution in [0.5, 0.6) is 0 Å². The predicted octanol–water partition coefficient (Wildman–Crippen LogP) is 4.15. The zero-order valence-electron chi connectivity index (χ0n) is 42.9. The standard InChI is InChI=1S/C56H69N3O15/c1-31(2)42(49(65)59-25-17-24-37(59)50(66)71-29-35-20-13-9-14-21-35)57-52(68)58-43(36-22-15-10-16-23-36)45(63)51(67)73-38-27-56(69)48(70-28-34-18-11-8-12-19-34)46-54(7,47(64)44(62)41(32(38)3)53(56,5)6)39(61)26-40-55(46,30-72-40)74-33(4)60/h8-16,18-23,31,37-40,42-46,48,61-63,69H,17,24-30H2,1-7H3,(H2,57,58,68)/t37-,38-,39-,40?,42-,43-,44+,45+,46?,48-,54+,55-,56+/m0/s1. The van der Waals surface area contributed by atoms with Gasteiger partial charge in [0.15, 0.2) is 17.5 Å². The Labute approximate surface area is 430 Å². The average Bonchev–Trinajstić information content (AvgIpc) is 3.87. The van der Waals surface area contributed by atoms with Gasteiger partial charge >= 0.3 is 23.9 Å². The molecule has 3 aromatic rings. The molecule has 3 aliphatic carbocycles. The van der Waals surface area contributed by atoms with Crippen LogP contribution in [0, 0.1) is 22.7 Å². The topological polar surface area (TPSA) is 257 Å². The minimum Gasteiger partial charge on any atom is -0.459 e. The number of benzene rings is 3. The number of rotatable bonds is 15. The third-order valence-electron chi connectivity index (χ3n) is 16.5. The quantitative estimate of drug-likeness (QED) is 0.0710. The molecule has 18 nitrogen and oxygen atoms in total. The molecule has 0 aromatic heterocycles. The van der Waals surface area contributed by atoms with Gasteiger partial charge in [0.25, 0.3) is 0 Å². The molecule has 2 aliphatic heterocycles. The summed E-state index contributed by atoms with van der Waals surface area (Å²) in [6.45, 7) is 10.9. The fourth-order valence-corrected chi connectivity index (χ4v) is 12.3. The van der Waals surface area contributed by atoms with E-state index >= 15 is 4.79 Å². The molecule has 2 saturated carbocycles. The smallest absolute Gasteiger partial charge is 0.338 e. The second-order valence-electron chi connectivity index (χ2n) is 21.6. The van der Waals surface area contributed by atoms with Crippen LogP contribution in [0.1, 0.15) is 96.9 Å². The molecule has 0 spiro atoms. The van der Waals surface area contributed by atoms with Crippen molar-refractivity contribution in [2.75, 3.05) is 13.2 Å². The number of aliphatic hydroxyl groups excluding tert-OH is 3. The van der Waals surface area contributed by atoms with E-state index in [0.717, 1.165) is 5.56 Å². The predicted molar refractivity (Wildman–Crippen MR) is 265 cm³/mol. The summed E-state index contributed by atoms with van der Waals surface area (Å²) in [4.78, 5) is 85.7. The Morgan fingerprint density at radius 2 is 1.49 bits per heavy atom. The van der Waals surface area contributed by atoms with Crippen molar-refractivity contribution < 1.29 is 72.9 Å². The summed E-state index contributed by atoms with van der Waals surface area (Å²) >= 11 is 0. The minimum absolute atomic E-state index is 0.00319. The van der Waals surface area contributed by atoms with Crippen LogP contribution >= 0.6 is 0 Å². The first-order valence-corrected chi connectivity index (χ1v) is 25.4. The number of likely N-dealkylation sites (tertiary alicyclic amines) is 1. The van der Waals surface area contributed by atoms with Crippen molar-refractivity contribution >= 4 is 35.6 Å². The van der Waals surface area contributed by atoms with Crippen LogP contribution in [-0.4, -0.2) is 134 Å². The molecule has 8 rings (SSSR count). The summed E-state index contributed by atoms with van der Waals surface area (Å²) in [5.74, 6) is -5.70. The van der Waals surface area contributed by atoms with Crippen LogP contribution in [0.2, 0.25) is 0 Å². The molecule has 398 valence electrons. The van der Waals surface area contributed by atoms with Gasteiger partial charge in [-0.15, -0.1) is 0 Å². The molecular formula is C56H69N3O15. The lowest BCUT2D eigenvalue weighted by molar-refractivity contribution is -0.351. The Balaban J connectivity index is 1.08. The van der Waals surface area contributed by atoms with Crippen molar-refractivity contribution in [3.8, 4) is 0 Å². The first kappa shape index (κ1) is 54.2. The lowest BCUT2D eigenvalue weighted by atomic mass is 9.44. The van der Waals surface area contributed by atoms with Crippen molar-refractivity contribution in [1.82, 2.24) is 15.5 Å². The number of ether oxygens (including phenoxy) is 5. The molecule has 74 heavy (non-hydrogen) atoms. The lowest BCUT2D eigenvalue weighted by Crippen LogP contribution is -2.81. The zero-order valence-corrected chi connectivity index (χ0v) is 42.9. The van der Waals surface area contributed by atoms with Gasteiger partial charge in [-0.2, -0.15) is 0 Å². The highest BCUT2D eigenvalue weighted by molar-refractivity contribution is 5.94. The Bertz CT molecular complexity index is 2610. The molecule has 3 aromatic carbocycles. The van der Waals surface area contributed by atoms with E-state index in [1.54, 1.807) is 89.2 Å². The highest BCUT2D eigenvalue weighted by Crippen LogP contribution is 2.64. The number of hydrogen-bond donors (Lipinski definition) is 6. The fourth-order valence-electron chi connectivity index (χ4n) is 12.3. The van der Waals surface area contributed by atoms with E-state index in [1.165, 1.54) is 18.7 Å². The number of esters is 3. The molecule has 18 heteroatoms. The van der Waals surface area contributed by atoms with E-state index in [2.05, 4.69) is 10.6 Å². The summed E-state index contributed by atoms with van der Waals surface area (Å²) in [5.41, 5.74) is -5.29. The third-order valence-corrected chi connectivity index (χ3v) is 16.5. The van der Waals surface area contributed by atoms with E-state index < -0.39 is 131 Å². The molecule has 2 saturated heterocycles. The maximum absolute atomic E-state index is 15.2. The first-order chi connectivity index (χ1) is 35.1. The monoisotopic (exact) mass is 1020 g/mol. The Hall–Kier alpha value is -6.02. The van der Waals surface area contributed by atoms with E-state index in [1.807, 2.05) is 36.4 Å². The summed E-state index contributed by atoms with van der Waals surface area (Å²) in [7, 11) is 0. The normalized spacial score (nSPS) is 31.3. The molecule has 5 aliphatic rings. The molecule has 2 heterocycles. The van der Waals surface area contributed by atoms with Gasteiger partial charge < -0.3 is 59.6 Å². The summed E-state index contributed by atoms with van der Waals surface area (Å²) < 4.78 is 30.6. The molecule has 4 fully saturated rings. The number of amides is 3. The summed E-state index contributed by atoms with van der Waals surface area (Å²) in [5, 5.41) is 55.5. The molecule has 13 atom stereocenters. The first-order valence-electron chi connectivity index (χ1n) is 25.4. The maximum Gasteiger partial charge on any atom is 0.338 e. The van der Waals surface area contributed by atoms with E-state index in [9.17, 15) is 44.4 Å². The molecule has 2 unspecified atom stereocenters. The highest BCUT2D eigenvalue weighted by Gasteiger charge is 2.77. The Kier molecular flexibility index (Phi) is 15.6. The Morgan fingerprint density at radius 1 is 0.878 bits per heavy atom. The second kappa shape index (κ2) is 21.3. The van der Waals surface area contributed by atoms with Crippen LogP contribution in [0.3, 0.4) is 0 Å². The van der Waals surface area contributed by atoms with Gasteiger partial charge in [0.2, 0.25) is 5.91 Å². The number of hydrogen-bond acceptors (Lipinski definition) is 15. The number of carbonyl (C=O) groups excluding carboxylic acids is 6. The van der Waals surface area contributed by atoms with Crippen molar-refractivity contribution in [3.63, 3.8) is 0 Å². The van der Waals surface area contributed by atoms with Crippen molar-refractivity contribution in [2.45, 2.75) is 153 Å². The van der Waals surface area contributed by atoms with Crippen LogP contribution in [0.25, 0.3) is 0 Å².